The van der Waals surface area contributed by atoms with E-state index in [-0.39, 0.29) is 0 Å². The normalized spacial score (nSPS) is 12.3. The van der Waals surface area contributed by atoms with Crippen LogP contribution in [0, 0.1) is 10.8 Å². The summed E-state index contributed by atoms with van der Waals surface area (Å²) in [4.78, 5) is 11.6. The molecule has 2 rings (SSSR count). The number of carboxylic acid groups (broad SMARTS) is 1. The number of ether oxygens (including phenoxy) is 1. The van der Waals surface area contributed by atoms with Crippen molar-refractivity contribution >= 4 is 18.2 Å². The zero-order valence-corrected chi connectivity index (χ0v) is 25.9. The molecule has 0 aliphatic rings. The molecule has 38 heavy (non-hydrogen) atoms. The molecular weight excluding hydrogens is 496 g/mol. The topological polar surface area (TPSA) is 77.5 Å². The summed E-state index contributed by atoms with van der Waals surface area (Å²) in [7, 11) is 0. The molecule has 1 aromatic carbocycles. The highest BCUT2D eigenvalue weighted by Crippen LogP contribution is 2.20. The first-order chi connectivity index (χ1) is 18.1. The van der Waals surface area contributed by atoms with Crippen LogP contribution in [0.1, 0.15) is 99.5 Å². The third-order valence-corrected chi connectivity index (χ3v) is 6.08. The summed E-state index contributed by atoms with van der Waals surface area (Å²) in [6, 6.07) is 7.50. The molecule has 0 fully saturated rings. The number of aryl methyl sites for hydroxylation is 2. The summed E-state index contributed by atoms with van der Waals surface area (Å²) in [5.74, 6) is 0.719. The van der Waals surface area contributed by atoms with Crippen LogP contribution < -0.4 is 4.74 Å². The van der Waals surface area contributed by atoms with E-state index < -0.39 is 11.6 Å². The number of carbonyl (C=O) groups is 1. The maximum atomic E-state index is 11.2. The van der Waals surface area contributed by atoms with Crippen LogP contribution in [0.25, 0.3) is 0 Å². The highest BCUT2D eigenvalue weighted by molar-refractivity contribution is 7.71. The van der Waals surface area contributed by atoms with Crippen LogP contribution in [0.3, 0.4) is 0 Å². The average molecular weight is 547 g/mol. The van der Waals surface area contributed by atoms with Crippen LogP contribution in [0.15, 0.2) is 52.5 Å². The van der Waals surface area contributed by atoms with Gasteiger partial charge in [-0.15, -0.1) is 5.10 Å². The molecule has 0 aliphatic carbocycles. The molecule has 1 aromatic heterocycles. The quantitative estimate of drug-likeness (QED) is 0.188. The second kappa shape index (κ2) is 19.4. The fourth-order valence-corrected chi connectivity index (χ4v) is 3.52. The van der Waals surface area contributed by atoms with Crippen LogP contribution in [0.4, 0.5) is 0 Å². The number of hydrogen-bond donors (Lipinski definition) is 1. The van der Waals surface area contributed by atoms with Gasteiger partial charge in [-0.1, -0.05) is 83.9 Å². The van der Waals surface area contributed by atoms with E-state index in [4.69, 9.17) is 21.4 Å². The Labute approximate surface area is 235 Å². The van der Waals surface area contributed by atoms with Gasteiger partial charge >= 0.3 is 5.97 Å². The second-order valence-electron chi connectivity index (χ2n) is 9.20. The van der Waals surface area contributed by atoms with Crippen molar-refractivity contribution in [3.05, 3.63) is 64.4 Å². The van der Waals surface area contributed by atoms with E-state index in [9.17, 15) is 9.90 Å². The van der Waals surface area contributed by atoms with Gasteiger partial charge in [-0.3, -0.25) is 0 Å². The van der Waals surface area contributed by atoms with Crippen LogP contribution in [0.2, 0.25) is 0 Å². The Balaban J connectivity index is 0.00000326. The van der Waals surface area contributed by atoms with Crippen molar-refractivity contribution in [1.29, 1.82) is 0 Å². The molecule has 7 heteroatoms. The minimum Gasteiger partial charge on any atom is -0.478 e. The van der Waals surface area contributed by atoms with E-state index in [1.165, 1.54) is 25.8 Å². The molecule has 2 aromatic rings. The van der Waals surface area contributed by atoms with Crippen molar-refractivity contribution in [2.75, 3.05) is 0 Å². The average Bonchev–Trinajstić information content (AvgIpc) is 3.26. The molecule has 1 heterocycles. The standard InChI is InChI=1S/C27H38N2O4S.2C2H6/c1-6-7-11-20(2)21(3)12-8-9-19-29-26(34)32-24(28-29)14-10-13-22-15-17-23(18-16-22)33-27(4,5)25(30)31;2*1-2/h8-9,11,15-18,21H,6-7,10,12-14,19H2,1-5H3,(H,30,31);2*1-2H3/b9-8+,20-11-;;. The van der Waals surface area contributed by atoms with Crippen LogP contribution in [0.5, 0.6) is 5.75 Å². The Hall–Kier alpha value is -2.67. The smallest absolute Gasteiger partial charge is 0.347 e. The molecule has 0 saturated carbocycles. The summed E-state index contributed by atoms with van der Waals surface area (Å²) in [6.45, 7) is 18.3. The molecule has 0 bridgehead atoms. The molecular formula is C31H50N2O4S. The van der Waals surface area contributed by atoms with Gasteiger partial charge in [-0.05, 0) is 82.3 Å². The molecule has 0 spiro atoms. The second-order valence-corrected chi connectivity index (χ2v) is 9.55. The number of hydrogen-bond acceptors (Lipinski definition) is 5. The van der Waals surface area contributed by atoms with Gasteiger partial charge in [0, 0.05) is 6.42 Å². The van der Waals surface area contributed by atoms with Crippen LogP contribution in [-0.2, 0) is 24.2 Å². The molecule has 6 nitrogen and oxygen atoms in total. The predicted octanol–water partition coefficient (Wildman–Crippen LogP) is 9.00. The maximum absolute atomic E-state index is 11.2. The highest BCUT2D eigenvalue weighted by atomic mass is 32.1. The number of allylic oxidation sites excluding steroid dienone is 4. The molecule has 0 aliphatic heterocycles. The Morgan fingerprint density at radius 3 is 2.37 bits per heavy atom. The van der Waals surface area contributed by atoms with E-state index in [0.717, 1.165) is 31.2 Å². The van der Waals surface area contributed by atoms with Crippen molar-refractivity contribution in [1.82, 2.24) is 9.78 Å². The number of carboxylic acids is 1. The Morgan fingerprint density at radius 1 is 1.16 bits per heavy atom. The third-order valence-electron chi connectivity index (χ3n) is 5.78. The molecule has 0 amide bonds. The first-order valence-corrected chi connectivity index (χ1v) is 14.4. The number of rotatable bonds is 14. The largest absolute Gasteiger partial charge is 0.478 e. The van der Waals surface area contributed by atoms with Gasteiger partial charge in [0.2, 0.25) is 5.89 Å². The molecule has 1 unspecified atom stereocenters. The summed E-state index contributed by atoms with van der Waals surface area (Å²) in [5.41, 5.74) is 1.32. The zero-order valence-electron chi connectivity index (χ0n) is 25.0. The minimum absolute atomic E-state index is 0.397. The van der Waals surface area contributed by atoms with E-state index in [2.05, 4.69) is 44.1 Å². The number of unbranched alkanes of at least 4 members (excludes halogenated alkanes) is 1. The zero-order chi connectivity index (χ0) is 29.1. The molecule has 0 radical (unpaired) electrons. The summed E-state index contributed by atoms with van der Waals surface area (Å²) >= 11 is 5.32. The summed E-state index contributed by atoms with van der Waals surface area (Å²) in [6.07, 6.45) is 12.4. The lowest BCUT2D eigenvalue weighted by atomic mass is 9.97. The number of aromatic nitrogens is 2. The van der Waals surface area contributed by atoms with Gasteiger partial charge in [-0.2, -0.15) is 0 Å². The Bertz CT molecular complexity index is 1030. The molecule has 0 saturated heterocycles. The Morgan fingerprint density at radius 2 is 1.79 bits per heavy atom. The number of nitrogens with zero attached hydrogens (tertiary/aromatic N) is 2. The van der Waals surface area contributed by atoms with Crippen molar-refractivity contribution in [3.63, 3.8) is 0 Å². The summed E-state index contributed by atoms with van der Waals surface area (Å²) in [5, 5.41) is 13.7. The maximum Gasteiger partial charge on any atom is 0.347 e. The molecule has 214 valence electrons. The number of benzene rings is 1. The molecule has 1 atom stereocenters. The van der Waals surface area contributed by atoms with Crippen molar-refractivity contribution in [2.45, 2.75) is 113 Å². The third kappa shape index (κ3) is 13.2. The monoisotopic (exact) mass is 546 g/mol. The van der Waals surface area contributed by atoms with Gasteiger partial charge in [0.1, 0.15) is 5.75 Å². The van der Waals surface area contributed by atoms with Crippen molar-refractivity contribution < 1.29 is 19.1 Å². The van der Waals surface area contributed by atoms with Gasteiger partial charge in [-0.25, -0.2) is 9.48 Å². The van der Waals surface area contributed by atoms with Crippen molar-refractivity contribution in [2.24, 2.45) is 5.92 Å². The highest BCUT2D eigenvalue weighted by Gasteiger charge is 2.29. The summed E-state index contributed by atoms with van der Waals surface area (Å²) < 4.78 is 12.9. The first-order valence-electron chi connectivity index (χ1n) is 14.0. The van der Waals surface area contributed by atoms with Crippen LogP contribution >= 0.6 is 12.2 Å². The van der Waals surface area contributed by atoms with E-state index >= 15 is 0 Å². The Kier molecular flexibility index (Phi) is 18.0. The lowest BCUT2D eigenvalue weighted by molar-refractivity contribution is -0.152. The van der Waals surface area contributed by atoms with E-state index in [1.54, 1.807) is 16.8 Å². The van der Waals surface area contributed by atoms with Gasteiger partial charge in [0.25, 0.3) is 4.84 Å². The predicted molar refractivity (Wildman–Crippen MR) is 160 cm³/mol. The fraction of sp³-hybridized carbons (Fsp3) is 0.581. The first kappa shape index (κ1) is 35.3. The lowest BCUT2D eigenvalue weighted by Gasteiger charge is -2.21. The lowest BCUT2D eigenvalue weighted by Crippen LogP contribution is -2.37. The minimum atomic E-state index is -1.26. The van der Waals surface area contributed by atoms with E-state index in [1.807, 2.05) is 39.8 Å². The van der Waals surface area contributed by atoms with Crippen LogP contribution in [-0.4, -0.2) is 26.5 Å². The SMILES string of the molecule is CC.CC.CCC/C=C(/C)C(C)C/C=C/Cn1nc(CCCc2ccc(OC(C)(C)C(=O)O)cc2)oc1=S. The molecule has 1 N–H and O–H groups in total. The fourth-order valence-electron chi connectivity index (χ4n) is 3.31. The van der Waals surface area contributed by atoms with Gasteiger partial charge < -0.3 is 14.3 Å². The van der Waals surface area contributed by atoms with Crippen molar-refractivity contribution in [3.8, 4) is 5.75 Å². The van der Waals surface area contributed by atoms with E-state index in [0.29, 0.717) is 35.4 Å². The van der Waals surface area contributed by atoms with Gasteiger partial charge in [0.05, 0.1) is 6.54 Å². The number of aliphatic carboxylic acids is 1. The van der Waals surface area contributed by atoms with Gasteiger partial charge in [0.15, 0.2) is 5.60 Å².